The molecule has 0 saturated heterocycles. The van der Waals surface area contributed by atoms with Crippen LogP contribution in [0, 0.1) is 0 Å². The number of carbonyl (C=O) groups is 1. The first kappa shape index (κ1) is 10.2. The van der Waals surface area contributed by atoms with Gasteiger partial charge >= 0.3 is 5.97 Å². The Labute approximate surface area is 90.7 Å². The highest BCUT2D eigenvalue weighted by molar-refractivity contribution is 5.89. The third-order valence-corrected chi connectivity index (χ3v) is 2.10. The Balaban J connectivity index is 2.45. The number of rotatable bonds is 2. The van der Waals surface area contributed by atoms with E-state index in [4.69, 9.17) is 4.42 Å². The Hall–Kier alpha value is -2.30. The number of hydrogen-bond acceptors (Lipinski definition) is 4. The van der Waals surface area contributed by atoms with Crippen molar-refractivity contribution in [2.24, 2.45) is 0 Å². The molecule has 5 nitrogen and oxygen atoms in total. The summed E-state index contributed by atoms with van der Waals surface area (Å²) in [4.78, 5) is 25.2. The molecule has 0 spiro atoms. The van der Waals surface area contributed by atoms with Gasteiger partial charge in [-0.15, -0.1) is 0 Å². The van der Waals surface area contributed by atoms with Crippen molar-refractivity contribution < 1.29 is 13.9 Å². The van der Waals surface area contributed by atoms with E-state index in [9.17, 15) is 9.59 Å². The molecule has 0 amide bonds. The maximum atomic E-state index is 11.5. The van der Waals surface area contributed by atoms with Crippen molar-refractivity contribution in [1.29, 1.82) is 0 Å². The summed E-state index contributed by atoms with van der Waals surface area (Å²) in [5.74, 6) is -0.124. The fraction of sp³-hybridized carbons (Fsp3) is 0.0909. The molecule has 2 heterocycles. The standard InChI is InChI=1S/C11H9NO4/c1-15-11(14)7-4-5-8(12-10(7)13)9-3-2-6-16-9/h2-6H,1H3,(H,12,13). The maximum absolute atomic E-state index is 11.5. The van der Waals surface area contributed by atoms with E-state index in [0.29, 0.717) is 11.5 Å². The molecule has 0 aliphatic carbocycles. The van der Waals surface area contributed by atoms with Crippen LogP contribution in [0.3, 0.4) is 0 Å². The number of furan rings is 1. The molecule has 0 radical (unpaired) electrons. The molecule has 1 N–H and O–H groups in total. The van der Waals surface area contributed by atoms with Gasteiger partial charge < -0.3 is 14.1 Å². The van der Waals surface area contributed by atoms with E-state index in [1.807, 2.05) is 0 Å². The van der Waals surface area contributed by atoms with Crippen LogP contribution >= 0.6 is 0 Å². The molecular weight excluding hydrogens is 210 g/mol. The lowest BCUT2D eigenvalue weighted by Crippen LogP contribution is -2.18. The van der Waals surface area contributed by atoms with Gasteiger partial charge in [-0.25, -0.2) is 4.79 Å². The van der Waals surface area contributed by atoms with Gasteiger partial charge in [0.1, 0.15) is 11.3 Å². The predicted octanol–water partition coefficient (Wildman–Crippen LogP) is 1.42. The third kappa shape index (κ3) is 1.75. The first-order valence-corrected chi connectivity index (χ1v) is 4.58. The topological polar surface area (TPSA) is 72.3 Å². The van der Waals surface area contributed by atoms with Crippen molar-refractivity contribution in [3.63, 3.8) is 0 Å². The number of aromatic amines is 1. The Bertz CT molecular complexity index is 554. The number of carbonyl (C=O) groups excluding carboxylic acids is 1. The summed E-state index contributed by atoms with van der Waals surface area (Å²) < 4.78 is 9.58. The van der Waals surface area contributed by atoms with Gasteiger partial charge in [-0.1, -0.05) is 0 Å². The number of nitrogens with one attached hydrogen (secondary N) is 1. The number of pyridine rings is 1. The smallest absolute Gasteiger partial charge is 0.343 e. The molecule has 82 valence electrons. The Kier molecular flexibility index (Phi) is 2.59. The maximum Gasteiger partial charge on any atom is 0.343 e. The summed E-state index contributed by atoms with van der Waals surface area (Å²) in [6.07, 6.45) is 1.50. The number of methoxy groups -OCH3 is 1. The molecule has 2 aromatic rings. The van der Waals surface area contributed by atoms with Gasteiger partial charge in [0, 0.05) is 0 Å². The molecule has 0 aliphatic heterocycles. The normalized spacial score (nSPS) is 10.1. The molecule has 0 atom stereocenters. The van der Waals surface area contributed by atoms with Gasteiger partial charge in [0.05, 0.1) is 19.1 Å². The van der Waals surface area contributed by atoms with Crippen molar-refractivity contribution >= 4 is 5.97 Å². The zero-order valence-electron chi connectivity index (χ0n) is 8.52. The van der Waals surface area contributed by atoms with Gasteiger partial charge in [0.2, 0.25) is 0 Å². The highest BCUT2D eigenvalue weighted by Gasteiger charge is 2.11. The first-order chi connectivity index (χ1) is 7.72. The zero-order valence-corrected chi connectivity index (χ0v) is 8.52. The number of H-pyrrole nitrogens is 1. The summed E-state index contributed by atoms with van der Waals surface area (Å²) in [6.45, 7) is 0. The van der Waals surface area contributed by atoms with Gasteiger partial charge in [0.15, 0.2) is 0 Å². The van der Waals surface area contributed by atoms with E-state index in [2.05, 4.69) is 9.72 Å². The Morgan fingerprint density at radius 3 is 2.75 bits per heavy atom. The predicted molar refractivity (Wildman–Crippen MR) is 56.1 cm³/mol. The van der Waals surface area contributed by atoms with Crippen molar-refractivity contribution in [3.8, 4) is 11.5 Å². The van der Waals surface area contributed by atoms with Gasteiger partial charge in [-0.05, 0) is 24.3 Å². The highest BCUT2D eigenvalue weighted by atomic mass is 16.5. The number of aromatic nitrogens is 1. The molecular formula is C11H9NO4. The SMILES string of the molecule is COC(=O)c1ccc(-c2ccco2)[nH]c1=O. The summed E-state index contributed by atoms with van der Waals surface area (Å²) in [5, 5.41) is 0. The molecule has 5 heteroatoms. The van der Waals surface area contributed by atoms with Crippen LogP contribution in [-0.2, 0) is 4.74 Å². The molecule has 0 aliphatic rings. The van der Waals surface area contributed by atoms with Crippen molar-refractivity contribution in [3.05, 3.63) is 46.4 Å². The fourth-order valence-corrected chi connectivity index (χ4v) is 1.32. The molecule has 0 fully saturated rings. The van der Waals surface area contributed by atoms with Crippen LogP contribution in [0.15, 0.2) is 39.7 Å². The molecule has 16 heavy (non-hydrogen) atoms. The highest BCUT2D eigenvalue weighted by Crippen LogP contribution is 2.15. The van der Waals surface area contributed by atoms with E-state index >= 15 is 0 Å². The summed E-state index contributed by atoms with van der Waals surface area (Å²) in [5.41, 5.74) is -0.0128. The molecule has 0 aromatic carbocycles. The van der Waals surface area contributed by atoms with Crippen LogP contribution in [0.25, 0.3) is 11.5 Å². The van der Waals surface area contributed by atoms with Gasteiger partial charge in [0.25, 0.3) is 5.56 Å². The van der Waals surface area contributed by atoms with Crippen LogP contribution in [-0.4, -0.2) is 18.1 Å². The second-order valence-electron chi connectivity index (χ2n) is 3.08. The number of esters is 1. The molecule has 2 rings (SSSR count). The van der Waals surface area contributed by atoms with Crippen LogP contribution in [0.4, 0.5) is 0 Å². The first-order valence-electron chi connectivity index (χ1n) is 4.58. The lowest BCUT2D eigenvalue weighted by molar-refractivity contribution is 0.0598. The van der Waals surface area contributed by atoms with Crippen molar-refractivity contribution in [2.45, 2.75) is 0 Å². The lowest BCUT2D eigenvalue weighted by atomic mass is 10.2. The van der Waals surface area contributed by atoms with Crippen LogP contribution in [0.1, 0.15) is 10.4 Å². The third-order valence-electron chi connectivity index (χ3n) is 2.10. The van der Waals surface area contributed by atoms with Gasteiger partial charge in [-0.2, -0.15) is 0 Å². The second-order valence-corrected chi connectivity index (χ2v) is 3.08. The average molecular weight is 219 g/mol. The van der Waals surface area contributed by atoms with Gasteiger partial charge in [-0.3, -0.25) is 4.79 Å². The van der Waals surface area contributed by atoms with Crippen LogP contribution < -0.4 is 5.56 Å². The quantitative estimate of drug-likeness (QED) is 0.775. The minimum atomic E-state index is -0.660. The number of ether oxygens (including phenoxy) is 1. The van der Waals surface area contributed by atoms with E-state index in [1.165, 1.54) is 19.4 Å². The summed E-state index contributed by atoms with van der Waals surface area (Å²) >= 11 is 0. The lowest BCUT2D eigenvalue weighted by Gasteiger charge is -2.00. The Morgan fingerprint density at radius 1 is 1.38 bits per heavy atom. The van der Waals surface area contributed by atoms with Crippen LogP contribution in [0.2, 0.25) is 0 Å². The second kappa shape index (κ2) is 4.06. The largest absolute Gasteiger partial charge is 0.465 e. The summed E-state index contributed by atoms with van der Waals surface area (Å²) in [6, 6.07) is 6.42. The monoisotopic (exact) mass is 219 g/mol. The van der Waals surface area contributed by atoms with E-state index in [0.717, 1.165) is 0 Å². The Morgan fingerprint density at radius 2 is 2.19 bits per heavy atom. The number of hydrogen-bond donors (Lipinski definition) is 1. The fourth-order valence-electron chi connectivity index (χ4n) is 1.32. The van der Waals surface area contributed by atoms with Crippen LogP contribution in [0.5, 0.6) is 0 Å². The van der Waals surface area contributed by atoms with Crippen molar-refractivity contribution in [2.75, 3.05) is 7.11 Å². The average Bonchev–Trinajstić information content (AvgIpc) is 2.81. The van der Waals surface area contributed by atoms with E-state index in [-0.39, 0.29) is 5.56 Å². The van der Waals surface area contributed by atoms with Crippen molar-refractivity contribution in [1.82, 2.24) is 4.98 Å². The zero-order chi connectivity index (χ0) is 11.5. The minimum Gasteiger partial charge on any atom is -0.465 e. The molecule has 2 aromatic heterocycles. The van der Waals surface area contributed by atoms with E-state index in [1.54, 1.807) is 18.2 Å². The molecule has 0 saturated carbocycles. The molecule has 0 bridgehead atoms. The summed E-state index contributed by atoms with van der Waals surface area (Å²) in [7, 11) is 1.22. The van der Waals surface area contributed by atoms with E-state index < -0.39 is 11.5 Å². The molecule has 0 unspecified atom stereocenters. The minimum absolute atomic E-state index is 0.0298.